The Kier molecular flexibility index (Phi) is 5.21. The lowest BCUT2D eigenvalue weighted by Crippen LogP contribution is -2.50. The molecule has 0 amide bonds. The zero-order valence-corrected chi connectivity index (χ0v) is 11.7. The van der Waals surface area contributed by atoms with Crippen LogP contribution in [0.4, 0.5) is 0 Å². The van der Waals surface area contributed by atoms with Crippen molar-refractivity contribution in [3.05, 3.63) is 35.9 Å². The van der Waals surface area contributed by atoms with E-state index in [1.165, 1.54) is 31.4 Å². The fourth-order valence-electron chi connectivity index (χ4n) is 3.06. The lowest BCUT2D eigenvalue weighted by molar-refractivity contribution is 0.112. The molecule has 0 bridgehead atoms. The first-order chi connectivity index (χ1) is 8.81. The van der Waals surface area contributed by atoms with Crippen LogP contribution in [0.2, 0.25) is 0 Å². The Bertz CT molecular complexity index is 336. The van der Waals surface area contributed by atoms with E-state index in [1.807, 2.05) is 0 Å². The van der Waals surface area contributed by atoms with E-state index in [0.717, 1.165) is 13.1 Å². The van der Waals surface area contributed by atoms with Crippen molar-refractivity contribution in [3.8, 4) is 0 Å². The quantitative estimate of drug-likeness (QED) is 0.859. The van der Waals surface area contributed by atoms with E-state index in [0.29, 0.717) is 12.1 Å². The van der Waals surface area contributed by atoms with Crippen molar-refractivity contribution in [2.24, 2.45) is 0 Å². The van der Waals surface area contributed by atoms with Gasteiger partial charge in [0.05, 0.1) is 0 Å². The Hall–Kier alpha value is -0.860. The van der Waals surface area contributed by atoms with E-state index in [2.05, 4.69) is 54.4 Å². The number of likely N-dealkylation sites (tertiary alicyclic amines) is 1. The molecule has 2 heteroatoms. The molecule has 1 aliphatic heterocycles. The maximum absolute atomic E-state index is 3.59. The summed E-state index contributed by atoms with van der Waals surface area (Å²) in [5.74, 6) is 0. The van der Waals surface area contributed by atoms with Gasteiger partial charge in [-0.05, 0) is 38.4 Å². The molecule has 0 radical (unpaired) electrons. The lowest BCUT2D eigenvalue weighted by atomic mass is 9.95. The Balaban J connectivity index is 1.99. The van der Waals surface area contributed by atoms with Crippen molar-refractivity contribution in [3.63, 3.8) is 0 Å². The number of hydrogen-bond donors (Lipinski definition) is 1. The highest BCUT2D eigenvalue weighted by Gasteiger charge is 2.26. The van der Waals surface area contributed by atoms with Crippen LogP contribution in [0, 0.1) is 0 Å². The molecular weight excluding hydrogens is 220 g/mol. The molecule has 1 heterocycles. The van der Waals surface area contributed by atoms with Gasteiger partial charge >= 0.3 is 0 Å². The highest BCUT2D eigenvalue weighted by atomic mass is 15.2. The Morgan fingerprint density at radius 3 is 2.78 bits per heavy atom. The Morgan fingerprint density at radius 1 is 1.28 bits per heavy atom. The maximum atomic E-state index is 3.59. The molecule has 0 aromatic heterocycles. The largest absolute Gasteiger partial charge is 0.313 e. The van der Waals surface area contributed by atoms with Crippen molar-refractivity contribution in [1.82, 2.24) is 10.2 Å². The maximum Gasteiger partial charge on any atom is 0.0250 e. The van der Waals surface area contributed by atoms with Crippen LogP contribution in [0.15, 0.2) is 30.3 Å². The van der Waals surface area contributed by atoms with Crippen LogP contribution in [0.3, 0.4) is 0 Å². The fourth-order valence-corrected chi connectivity index (χ4v) is 3.06. The minimum Gasteiger partial charge on any atom is -0.313 e. The summed E-state index contributed by atoms with van der Waals surface area (Å²) in [6.45, 7) is 7.94. The number of piperidine rings is 1. The molecule has 2 atom stereocenters. The predicted molar refractivity (Wildman–Crippen MR) is 77.6 cm³/mol. The van der Waals surface area contributed by atoms with Crippen LogP contribution in [-0.2, 0) is 6.54 Å². The highest BCUT2D eigenvalue weighted by molar-refractivity contribution is 5.14. The van der Waals surface area contributed by atoms with Crippen LogP contribution in [0.1, 0.15) is 38.7 Å². The van der Waals surface area contributed by atoms with E-state index >= 15 is 0 Å². The topological polar surface area (TPSA) is 15.3 Å². The van der Waals surface area contributed by atoms with E-state index in [1.54, 1.807) is 0 Å². The summed E-state index contributed by atoms with van der Waals surface area (Å²) >= 11 is 0. The normalized spacial score (nSPS) is 22.9. The van der Waals surface area contributed by atoms with Crippen LogP contribution >= 0.6 is 0 Å². The van der Waals surface area contributed by atoms with Gasteiger partial charge in [0.15, 0.2) is 0 Å². The molecule has 2 unspecified atom stereocenters. The number of hydrogen-bond acceptors (Lipinski definition) is 2. The summed E-state index contributed by atoms with van der Waals surface area (Å²) in [7, 11) is 0. The SMILES string of the molecule is CCNC(C)C1CCCCN1Cc1ccccc1. The number of rotatable bonds is 5. The van der Waals surface area contributed by atoms with Gasteiger partial charge in [0.25, 0.3) is 0 Å². The van der Waals surface area contributed by atoms with Gasteiger partial charge in [-0.2, -0.15) is 0 Å². The van der Waals surface area contributed by atoms with Crippen molar-refractivity contribution in [2.75, 3.05) is 13.1 Å². The molecule has 1 fully saturated rings. The second-order valence-corrected chi connectivity index (χ2v) is 5.37. The Morgan fingerprint density at radius 2 is 2.06 bits per heavy atom. The first-order valence-corrected chi connectivity index (χ1v) is 7.32. The van der Waals surface area contributed by atoms with Crippen molar-refractivity contribution < 1.29 is 0 Å². The van der Waals surface area contributed by atoms with Crippen LogP contribution in [0.25, 0.3) is 0 Å². The van der Waals surface area contributed by atoms with Crippen LogP contribution < -0.4 is 5.32 Å². The number of nitrogens with zero attached hydrogens (tertiary/aromatic N) is 1. The minimum absolute atomic E-state index is 0.596. The molecule has 1 aromatic rings. The van der Waals surface area contributed by atoms with Gasteiger partial charge in [-0.3, -0.25) is 4.90 Å². The molecule has 1 aromatic carbocycles. The predicted octanol–water partition coefficient (Wildman–Crippen LogP) is 3.04. The summed E-state index contributed by atoms with van der Waals surface area (Å²) in [5, 5.41) is 3.59. The summed E-state index contributed by atoms with van der Waals surface area (Å²) in [6.07, 6.45) is 4.06. The summed E-state index contributed by atoms with van der Waals surface area (Å²) in [4.78, 5) is 2.66. The molecule has 0 aliphatic carbocycles. The van der Waals surface area contributed by atoms with Gasteiger partial charge in [0.2, 0.25) is 0 Å². The second-order valence-electron chi connectivity index (χ2n) is 5.37. The van der Waals surface area contributed by atoms with E-state index < -0.39 is 0 Å². The van der Waals surface area contributed by atoms with Gasteiger partial charge in [0, 0.05) is 18.6 Å². The summed E-state index contributed by atoms with van der Waals surface area (Å²) in [5.41, 5.74) is 1.44. The first kappa shape index (κ1) is 13.6. The third-order valence-corrected chi connectivity index (χ3v) is 4.00. The lowest BCUT2D eigenvalue weighted by Gasteiger charge is -2.39. The zero-order valence-electron chi connectivity index (χ0n) is 11.7. The third kappa shape index (κ3) is 3.56. The molecule has 2 rings (SSSR count). The average Bonchev–Trinajstić information content (AvgIpc) is 2.41. The molecule has 2 nitrogen and oxygen atoms in total. The summed E-state index contributed by atoms with van der Waals surface area (Å²) < 4.78 is 0. The molecule has 1 aliphatic rings. The van der Waals surface area contributed by atoms with Crippen LogP contribution in [0.5, 0.6) is 0 Å². The van der Waals surface area contributed by atoms with Crippen molar-refractivity contribution in [1.29, 1.82) is 0 Å². The molecule has 1 N–H and O–H groups in total. The van der Waals surface area contributed by atoms with E-state index in [4.69, 9.17) is 0 Å². The van der Waals surface area contributed by atoms with Gasteiger partial charge < -0.3 is 5.32 Å². The Labute approximate surface area is 111 Å². The van der Waals surface area contributed by atoms with Gasteiger partial charge in [-0.25, -0.2) is 0 Å². The standard InChI is InChI=1S/C16H26N2/c1-3-17-14(2)16-11-7-8-12-18(16)13-15-9-5-4-6-10-15/h4-6,9-10,14,16-17H,3,7-8,11-13H2,1-2H3. The van der Waals surface area contributed by atoms with Gasteiger partial charge in [-0.1, -0.05) is 43.7 Å². The average molecular weight is 246 g/mol. The van der Waals surface area contributed by atoms with Crippen LogP contribution in [-0.4, -0.2) is 30.1 Å². The molecular formula is C16H26N2. The number of benzene rings is 1. The molecule has 0 saturated carbocycles. The molecule has 1 saturated heterocycles. The minimum atomic E-state index is 0.596. The monoisotopic (exact) mass is 246 g/mol. The van der Waals surface area contributed by atoms with Gasteiger partial charge in [0.1, 0.15) is 0 Å². The third-order valence-electron chi connectivity index (χ3n) is 4.00. The highest BCUT2D eigenvalue weighted by Crippen LogP contribution is 2.22. The second kappa shape index (κ2) is 6.91. The first-order valence-electron chi connectivity index (χ1n) is 7.32. The summed E-state index contributed by atoms with van der Waals surface area (Å²) in [6, 6.07) is 12.1. The number of likely N-dealkylation sites (N-methyl/N-ethyl adjacent to an activating group) is 1. The van der Waals surface area contributed by atoms with E-state index in [-0.39, 0.29) is 0 Å². The molecule has 18 heavy (non-hydrogen) atoms. The smallest absolute Gasteiger partial charge is 0.0250 e. The van der Waals surface area contributed by atoms with E-state index in [9.17, 15) is 0 Å². The van der Waals surface area contributed by atoms with Crippen molar-refractivity contribution in [2.45, 2.75) is 51.7 Å². The zero-order chi connectivity index (χ0) is 12.8. The van der Waals surface area contributed by atoms with Crippen molar-refractivity contribution >= 4 is 0 Å². The number of nitrogens with one attached hydrogen (secondary N) is 1. The molecule has 100 valence electrons. The molecule has 0 spiro atoms. The van der Waals surface area contributed by atoms with Gasteiger partial charge in [-0.15, -0.1) is 0 Å². The fraction of sp³-hybridized carbons (Fsp3) is 0.625.